The maximum atomic E-state index is 12.3. The van der Waals surface area contributed by atoms with E-state index in [0.29, 0.717) is 24.2 Å². The van der Waals surface area contributed by atoms with Crippen LogP contribution < -0.4 is 21.3 Å². The van der Waals surface area contributed by atoms with Gasteiger partial charge in [0.15, 0.2) is 5.13 Å². The number of aromatic nitrogens is 3. The number of rotatable bonds is 4. The highest BCUT2D eigenvalue weighted by atomic mass is 32.1. The number of benzene rings is 1. The van der Waals surface area contributed by atoms with Crippen molar-refractivity contribution in [2.24, 2.45) is 0 Å². The van der Waals surface area contributed by atoms with Gasteiger partial charge in [-0.1, -0.05) is 12.1 Å². The minimum atomic E-state index is -0.541. The van der Waals surface area contributed by atoms with E-state index in [1.165, 1.54) is 15.9 Å². The summed E-state index contributed by atoms with van der Waals surface area (Å²) in [6.07, 6.45) is 1.16. The lowest BCUT2D eigenvalue weighted by molar-refractivity contribution is -0.122. The molecule has 2 N–H and O–H groups in total. The van der Waals surface area contributed by atoms with Gasteiger partial charge in [-0.25, -0.2) is 9.97 Å². The summed E-state index contributed by atoms with van der Waals surface area (Å²) in [4.78, 5) is 47.0. The Morgan fingerprint density at radius 2 is 1.97 bits per heavy atom. The van der Waals surface area contributed by atoms with Crippen LogP contribution in [-0.2, 0) is 16.1 Å². The molecule has 0 unspecified atom stereocenters. The van der Waals surface area contributed by atoms with Crippen LogP contribution in [0.3, 0.4) is 0 Å². The molecular formula is C18H18N6O4S. The van der Waals surface area contributed by atoms with Crippen LogP contribution in [0.5, 0.6) is 0 Å². The number of morpholine rings is 1. The number of carbonyl (C=O) groups is 2. The molecule has 0 bridgehead atoms. The van der Waals surface area contributed by atoms with Crippen molar-refractivity contribution in [1.82, 2.24) is 25.4 Å². The molecule has 3 aromatic rings. The number of fused-ring (bicyclic) bond motifs is 1. The first-order valence-electron chi connectivity index (χ1n) is 8.94. The lowest BCUT2D eigenvalue weighted by atomic mass is 10.3. The summed E-state index contributed by atoms with van der Waals surface area (Å²) < 4.78 is 6.60. The predicted octanol–water partition coefficient (Wildman–Crippen LogP) is 0.151. The second-order valence-electron chi connectivity index (χ2n) is 6.29. The van der Waals surface area contributed by atoms with E-state index in [4.69, 9.17) is 4.74 Å². The van der Waals surface area contributed by atoms with E-state index < -0.39 is 17.4 Å². The maximum Gasteiger partial charge on any atom is 0.289 e. The van der Waals surface area contributed by atoms with Gasteiger partial charge in [0.2, 0.25) is 0 Å². The molecule has 11 heteroatoms. The normalized spacial score (nSPS) is 14.0. The smallest absolute Gasteiger partial charge is 0.289 e. The molecule has 1 aromatic carbocycles. The van der Waals surface area contributed by atoms with Crippen LogP contribution in [0.15, 0.2) is 40.6 Å². The maximum absolute atomic E-state index is 12.3. The second-order valence-corrected chi connectivity index (χ2v) is 7.12. The van der Waals surface area contributed by atoms with E-state index >= 15 is 0 Å². The van der Waals surface area contributed by atoms with Crippen molar-refractivity contribution in [3.8, 4) is 0 Å². The summed E-state index contributed by atoms with van der Waals surface area (Å²) in [6.45, 7) is 2.44. The van der Waals surface area contributed by atoms with Crippen molar-refractivity contribution >= 4 is 39.3 Å². The lowest BCUT2D eigenvalue weighted by Gasteiger charge is -2.25. The van der Waals surface area contributed by atoms with E-state index in [1.807, 2.05) is 4.90 Å². The molecule has 1 fully saturated rings. The van der Waals surface area contributed by atoms with Crippen molar-refractivity contribution in [3.63, 3.8) is 0 Å². The Bertz CT molecular complexity index is 1100. The lowest BCUT2D eigenvalue weighted by Crippen LogP contribution is -2.44. The summed E-state index contributed by atoms with van der Waals surface area (Å²) in [5, 5.41) is 2.37. The number of nitrogens with one attached hydrogen (secondary N) is 2. The van der Waals surface area contributed by atoms with Crippen LogP contribution in [0.4, 0.5) is 5.13 Å². The third-order valence-corrected chi connectivity index (χ3v) is 5.28. The fourth-order valence-corrected chi connectivity index (χ4v) is 3.78. The van der Waals surface area contributed by atoms with E-state index in [2.05, 4.69) is 20.8 Å². The van der Waals surface area contributed by atoms with Gasteiger partial charge in [-0.2, -0.15) is 0 Å². The number of hydrogen-bond acceptors (Lipinski definition) is 8. The van der Waals surface area contributed by atoms with Crippen molar-refractivity contribution in [2.75, 3.05) is 31.2 Å². The van der Waals surface area contributed by atoms with Crippen LogP contribution in [0.2, 0.25) is 0 Å². The number of hydrazine groups is 1. The number of nitrogens with zero attached hydrogens (tertiary/aromatic N) is 4. The van der Waals surface area contributed by atoms with Crippen molar-refractivity contribution < 1.29 is 14.3 Å². The zero-order valence-corrected chi connectivity index (χ0v) is 16.1. The molecular weight excluding hydrogens is 396 g/mol. The van der Waals surface area contributed by atoms with Gasteiger partial charge in [-0.15, -0.1) is 11.3 Å². The number of hydrogen-bond donors (Lipinski definition) is 2. The van der Waals surface area contributed by atoms with Gasteiger partial charge in [-0.05, 0) is 12.1 Å². The minimum absolute atomic E-state index is 0.211. The Kier molecular flexibility index (Phi) is 5.49. The minimum Gasteiger partial charge on any atom is -0.378 e. The fraction of sp³-hybridized carbons (Fsp3) is 0.278. The van der Waals surface area contributed by atoms with E-state index in [-0.39, 0.29) is 12.2 Å². The number of para-hydroxylation sites is 2. The third kappa shape index (κ3) is 4.25. The number of thiazole rings is 1. The summed E-state index contributed by atoms with van der Waals surface area (Å²) in [5.41, 5.74) is 5.60. The monoisotopic (exact) mass is 414 g/mol. The molecule has 29 heavy (non-hydrogen) atoms. The first-order valence-corrected chi connectivity index (χ1v) is 9.82. The van der Waals surface area contributed by atoms with Gasteiger partial charge in [0.05, 0.1) is 30.4 Å². The molecule has 0 saturated carbocycles. The molecule has 3 heterocycles. The summed E-state index contributed by atoms with van der Waals surface area (Å²) in [7, 11) is 0. The summed E-state index contributed by atoms with van der Waals surface area (Å²) >= 11 is 1.36. The molecule has 2 aromatic heterocycles. The average Bonchev–Trinajstić information content (AvgIpc) is 3.25. The van der Waals surface area contributed by atoms with Gasteiger partial charge in [0.1, 0.15) is 12.2 Å². The highest BCUT2D eigenvalue weighted by molar-refractivity contribution is 7.13. The quantitative estimate of drug-likeness (QED) is 0.584. The molecule has 10 nitrogen and oxygen atoms in total. The van der Waals surface area contributed by atoms with Crippen LogP contribution in [0, 0.1) is 0 Å². The number of anilines is 1. The standard InChI is InChI=1S/C18H18N6O4S/c25-15(10-24-14-4-2-1-3-12(14)19-9-16(24)26)21-22-17(27)13-11-29-18(20-13)23-5-7-28-8-6-23/h1-4,9,11H,5-8,10H2,(H,21,25)(H,22,27). The SMILES string of the molecule is O=C(Cn1c(=O)cnc2ccccc21)NNC(=O)c1csc(N2CCOCC2)n1. The van der Waals surface area contributed by atoms with Gasteiger partial charge < -0.3 is 9.64 Å². The fourth-order valence-electron chi connectivity index (χ4n) is 2.92. The Labute approximate surface area is 169 Å². The Morgan fingerprint density at radius 1 is 1.17 bits per heavy atom. The second kappa shape index (κ2) is 8.37. The third-order valence-electron chi connectivity index (χ3n) is 4.38. The molecule has 150 valence electrons. The predicted molar refractivity (Wildman–Crippen MR) is 107 cm³/mol. The number of amides is 2. The molecule has 4 rings (SSSR count). The Hall–Kier alpha value is -3.31. The molecule has 0 radical (unpaired) electrons. The number of ether oxygens (including phenoxy) is 1. The van der Waals surface area contributed by atoms with E-state index in [1.54, 1.807) is 29.6 Å². The molecule has 1 saturated heterocycles. The first kappa shape index (κ1) is 19.0. The highest BCUT2D eigenvalue weighted by Gasteiger charge is 2.18. The van der Waals surface area contributed by atoms with Gasteiger partial charge >= 0.3 is 0 Å². The Balaban J connectivity index is 1.38. The molecule has 0 spiro atoms. The molecule has 1 aliphatic rings. The van der Waals surface area contributed by atoms with Crippen molar-refractivity contribution in [2.45, 2.75) is 6.54 Å². The summed E-state index contributed by atoms with van der Waals surface area (Å²) in [5.74, 6) is -1.07. The van der Waals surface area contributed by atoms with Crippen molar-refractivity contribution in [1.29, 1.82) is 0 Å². The van der Waals surface area contributed by atoms with E-state index in [9.17, 15) is 14.4 Å². The molecule has 0 aliphatic carbocycles. The molecule has 1 aliphatic heterocycles. The van der Waals surface area contributed by atoms with Gasteiger partial charge in [0.25, 0.3) is 17.4 Å². The first-order chi connectivity index (χ1) is 14.1. The zero-order chi connectivity index (χ0) is 20.2. The number of carbonyl (C=O) groups excluding carboxylic acids is 2. The van der Waals surface area contributed by atoms with Gasteiger partial charge in [0, 0.05) is 18.5 Å². The largest absolute Gasteiger partial charge is 0.378 e. The molecule has 0 atom stereocenters. The Morgan fingerprint density at radius 3 is 2.79 bits per heavy atom. The van der Waals surface area contributed by atoms with Gasteiger partial charge in [-0.3, -0.25) is 29.8 Å². The molecule has 2 amide bonds. The highest BCUT2D eigenvalue weighted by Crippen LogP contribution is 2.21. The zero-order valence-electron chi connectivity index (χ0n) is 15.3. The summed E-state index contributed by atoms with van der Waals surface area (Å²) in [6, 6.07) is 7.01. The topological polar surface area (TPSA) is 118 Å². The van der Waals surface area contributed by atoms with Crippen LogP contribution >= 0.6 is 11.3 Å². The van der Waals surface area contributed by atoms with E-state index in [0.717, 1.165) is 24.4 Å². The van der Waals surface area contributed by atoms with Crippen LogP contribution in [-0.4, -0.2) is 52.7 Å². The van der Waals surface area contributed by atoms with Crippen LogP contribution in [0.1, 0.15) is 10.5 Å². The van der Waals surface area contributed by atoms with Crippen LogP contribution in [0.25, 0.3) is 11.0 Å². The van der Waals surface area contributed by atoms with Crippen molar-refractivity contribution in [3.05, 3.63) is 51.9 Å². The average molecular weight is 414 g/mol.